The number of anilines is 1. The van der Waals surface area contributed by atoms with E-state index in [1.54, 1.807) is 0 Å². The van der Waals surface area contributed by atoms with Crippen LogP contribution >= 0.6 is 0 Å². The summed E-state index contributed by atoms with van der Waals surface area (Å²) in [5.41, 5.74) is 2.42. The fraction of sp³-hybridized carbons (Fsp3) is 0.400. The average molecular weight is 226 g/mol. The second-order valence-corrected chi connectivity index (χ2v) is 5.47. The summed E-state index contributed by atoms with van der Waals surface area (Å²) in [5.74, 6) is 0.0152. The molecule has 0 spiro atoms. The first-order chi connectivity index (χ1) is 7.06. The van der Waals surface area contributed by atoms with E-state index in [0.717, 1.165) is 18.7 Å². The van der Waals surface area contributed by atoms with Crippen molar-refractivity contribution < 1.29 is 8.42 Å². The van der Waals surface area contributed by atoms with E-state index in [-0.39, 0.29) is 5.75 Å². The van der Waals surface area contributed by atoms with Gasteiger partial charge in [0.25, 0.3) is 0 Å². The molecule has 5 heteroatoms. The predicted octanol–water partition coefficient (Wildman–Crippen LogP) is 0.338. The molecule has 0 saturated heterocycles. The van der Waals surface area contributed by atoms with Gasteiger partial charge in [0.15, 0.2) is 0 Å². The van der Waals surface area contributed by atoms with Gasteiger partial charge in [0.1, 0.15) is 0 Å². The topological polar surface area (TPSA) is 63.4 Å². The van der Waals surface area contributed by atoms with Crippen molar-refractivity contribution in [3.63, 3.8) is 0 Å². The molecule has 2 rings (SSSR count). The van der Waals surface area contributed by atoms with Gasteiger partial charge in [-0.25, -0.2) is 13.6 Å². The Balaban J connectivity index is 2.08. The van der Waals surface area contributed by atoms with Crippen LogP contribution in [-0.2, 0) is 16.4 Å². The van der Waals surface area contributed by atoms with Crippen LogP contribution in [0.15, 0.2) is 24.3 Å². The van der Waals surface area contributed by atoms with Gasteiger partial charge in [-0.05, 0) is 18.1 Å². The molecule has 15 heavy (non-hydrogen) atoms. The third-order valence-corrected chi connectivity index (χ3v) is 3.38. The van der Waals surface area contributed by atoms with Crippen molar-refractivity contribution in [3.8, 4) is 0 Å². The van der Waals surface area contributed by atoms with E-state index in [9.17, 15) is 8.42 Å². The summed E-state index contributed by atoms with van der Waals surface area (Å²) in [6.45, 7) is 1.37. The smallest absolute Gasteiger partial charge is 0.210 e. The molecule has 0 fully saturated rings. The zero-order chi connectivity index (χ0) is 10.9. The van der Waals surface area contributed by atoms with E-state index in [1.165, 1.54) is 5.56 Å². The number of hydrogen-bond acceptors (Lipinski definition) is 3. The van der Waals surface area contributed by atoms with Gasteiger partial charge in [0.05, 0.1) is 5.75 Å². The second kappa shape index (κ2) is 3.83. The SMILES string of the molecule is NS(=O)(=O)CCN1CCc2ccccc21. The van der Waals surface area contributed by atoms with Crippen LogP contribution in [0.1, 0.15) is 5.56 Å². The molecule has 0 saturated carbocycles. The van der Waals surface area contributed by atoms with Crippen LogP contribution in [0.3, 0.4) is 0 Å². The van der Waals surface area contributed by atoms with Gasteiger partial charge in [0.2, 0.25) is 10.0 Å². The van der Waals surface area contributed by atoms with Crippen molar-refractivity contribution >= 4 is 15.7 Å². The first-order valence-electron chi connectivity index (χ1n) is 4.89. The predicted molar refractivity (Wildman–Crippen MR) is 60.3 cm³/mol. The number of para-hydroxylation sites is 1. The maximum Gasteiger partial charge on any atom is 0.210 e. The van der Waals surface area contributed by atoms with Crippen LogP contribution in [0.25, 0.3) is 0 Å². The average Bonchev–Trinajstić information content (AvgIpc) is 2.57. The molecule has 0 amide bonds. The number of fused-ring (bicyclic) bond motifs is 1. The van der Waals surface area contributed by atoms with Crippen molar-refractivity contribution in [1.29, 1.82) is 0 Å². The number of nitrogens with zero attached hydrogens (tertiary/aromatic N) is 1. The Morgan fingerprint density at radius 2 is 2.07 bits per heavy atom. The molecule has 1 heterocycles. The molecule has 0 radical (unpaired) electrons. The van der Waals surface area contributed by atoms with Crippen molar-refractivity contribution in [2.75, 3.05) is 23.7 Å². The number of benzene rings is 1. The summed E-state index contributed by atoms with van der Waals surface area (Å²) in [5, 5.41) is 4.98. The van der Waals surface area contributed by atoms with E-state index in [2.05, 4.69) is 11.0 Å². The number of sulfonamides is 1. The molecule has 1 aliphatic rings. The van der Waals surface area contributed by atoms with E-state index in [0.29, 0.717) is 6.54 Å². The Morgan fingerprint density at radius 3 is 2.80 bits per heavy atom. The minimum atomic E-state index is -3.36. The number of rotatable bonds is 3. The Hall–Kier alpha value is -1.07. The quantitative estimate of drug-likeness (QED) is 0.808. The molecule has 1 aliphatic heterocycles. The molecular formula is C10H14N2O2S. The lowest BCUT2D eigenvalue weighted by Crippen LogP contribution is -2.30. The first kappa shape index (κ1) is 10.4. The lowest BCUT2D eigenvalue weighted by molar-refractivity contribution is 0.596. The molecule has 0 unspecified atom stereocenters. The van der Waals surface area contributed by atoms with Crippen LogP contribution < -0.4 is 10.0 Å². The van der Waals surface area contributed by atoms with Crippen LogP contribution in [0.4, 0.5) is 5.69 Å². The minimum Gasteiger partial charge on any atom is -0.370 e. The van der Waals surface area contributed by atoms with E-state index < -0.39 is 10.0 Å². The van der Waals surface area contributed by atoms with Gasteiger partial charge >= 0.3 is 0 Å². The Bertz CT molecular complexity index is 456. The van der Waals surface area contributed by atoms with Gasteiger partial charge < -0.3 is 4.90 Å². The zero-order valence-corrected chi connectivity index (χ0v) is 9.20. The Morgan fingerprint density at radius 1 is 1.33 bits per heavy atom. The highest BCUT2D eigenvalue weighted by Gasteiger charge is 2.18. The van der Waals surface area contributed by atoms with E-state index in [1.807, 2.05) is 18.2 Å². The molecule has 1 aromatic carbocycles. The molecular weight excluding hydrogens is 212 g/mol. The Labute approximate surface area is 89.7 Å². The number of nitrogens with two attached hydrogens (primary N) is 1. The summed E-state index contributed by atoms with van der Waals surface area (Å²) in [6, 6.07) is 8.06. The van der Waals surface area contributed by atoms with Crippen molar-refractivity contribution in [2.24, 2.45) is 5.14 Å². The first-order valence-corrected chi connectivity index (χ1v) is 6.61. The Kier molecular flexibility index (Phi) is 2.67. The van der Waals surface area contributed by atoms with Gasteiger partial charge in [-0.2, -0.15) is 0 Å². The van der Waals surface area contributed by atoms with Crippen LogP contribution in [0.2, 0.25) is 0 Å². The van der Waals surface area contributed by atoms with Crippen LogP contribution in [0.5, 0.6) is 0 Å². The summed E-state index contributed by atoms with van der Waals surface area (Å²) in [7, 11) is -3.36. The molecule has 4 nitrogen and oxygen atoms in total. The largest absolute Gasteiger partial charge is 0.370 e. The highest BCUT2D eigenvalue weighted by atomic mass is 32.2. The molecule has 82 valence electrons. The van der Waals surface area contributed by atoms with Gasteiger partial charge in [0, 0.05) is 18.8 Å². The number of hydrogen-bond donors (Lipinski definition) is 1. The summed E-state index contributed by atoms with van der Waals surface area (Å²) >= 11 is 0. The highest BCUT2D eigenvalue weighted by molar-refractivity contribution is 7.89. The molecule has 0 aliphatic carbocycles. The maximum atomic E-state index is 10.9. The second-order valence-electron chi connectivity index (χ2n) is 3.73. The summed E-state index contributed by atoms with van der Waals surface area (Å²) in [4.78, 5) is 2.07. The lowest BCUT2D eigenvalue weighted by atomic mass is 10.2. The standard InChI is InChI=1S/C10H14N2O2S/c11-15(13,14)8-7-12-6-5-9-3-1-2-4-10(9)12/h1-4H,5-8H2,(H2,11,13,14). The third kappa shape index (κ3) is 2.49. The van der Waals surface area contributed by atoms with Gasteiger partial charge in [-0.15, -0.1) is 0 Å². The normalized spacial score (nSPS) is 15.4. The minimum absolute atomic E-state index is 0.0152. The summed E-state index contributed by atoms with van der Waals surface area (Å²) in [6.07, 6.45) is 0.987. The zero-order valence-electron chi connectivity index (χ0n) is 8.39. The van der Waals surface area contributed by atoms with E-state index >= 15 is 0 Å². The third-order valence-electron chi connectivity index (χ3n) is 2.63. The lowest BCUT2D eigenvalue weighted by Gasteiger charge is -2.18. The van der Waals surface area contributed by atoms with Crippen LogP contribution in [-0.4, -0.2) is 27.3 Å². The van der Waals surface area contributed by atoms with Crippen molar-refractivity contribution in [2.45, 2.75) is 6.42 Å². The maximum absolute atomic E-state index is 10.9. The number of primary sulfonamides is 1. The fourth-order valence-electron chi connectivity index (χ4n) is 1.88. The fourth-order valence-corrected chi connectivity index (χ4v) is 2.35. The molecule has 0 bridgehead atoms. The van der Waals surface area contributed by atoms with E-state index in [4.69, 9.17) is 5.14 Å². The molecule has 0 atom stereocenters. The van der Waals surface area contributed by atoms with Crippen molar-refractivity contribution in [1.82, 2.24) is 0 Å². The van der Waals surface area contributed by atoms with Crippen molar-refractivity contribution in [3.05, 3.63) is 29.8 Å². The molecule has 0 aromatic heterocycles. The molecule has 2 N–H and O–H groups in total. The summed E-state index contributed by atoms with van der Waals surface area (Å²) < 4.78 is 21.7. The molecule has 1 aromatic rings. The van der Waals surface area contributed by atoms with Crippen LogP contribution in [0, 0.1) is 0 Å². The van der Waals surface area contributed by atoms with Gasteiger partial charge in [-0.1, -0.05) is 18.2 Å². The highest BCUT2D eigenvalue weighted by Crippen LogP contribution is 2.26. The van der Waals surface area contributed by atoms with Gasteiger partial charge in [-0.3, -0.25) is 0 Å². The monoisotopic (exact) mass is 226 g/mol.